The molecular weight excluding hydrogens is 236 g/mol. The van der Waals surface area contributed by atoms with Gasteiger partial charge in [0, 0.05) is 25.5 Å². The Bertz CT molecular complexity index is 428. The van der Waals surface area contributed by atoms with Gasteiger partial charge in [-0.1, -0.05) is 0 Å². The Hall–Kier alpha value is -1.00. The van der Waals surface area contributed by atoms with Crippen molar-refractivity contribution in [3.8, 4) is 0 Å². The molecule has 0 N–H and O–H groups in total. The molecule has 0 bridgehead atoms. The second-order valence-corrected chi connectivity index (χ2v) is 6.27. The predicted molar refractivity (Wildman–Crippen MR) is 75.7 cm³/mol. The van der Waals surface area contributed by atoms with Crippen molar-refractivity contribution >= 4 is 0 Å². The van der Waals surface area contributed by atoms with Crippen molar-refractivity contribution in [1.29, 1.82) is 0 Å². The highest BCUT2D eigenvalue weighted by Gasteiger charge is 2.32. The van der Waals surface area contributed by atoms with Crippen molar-refractivity contribution in [1.82, 2.24) is 19.8 Å². The van der Waals surface area contributed by atoms with Crippen LogP contribution >= 0.6 is 0 Å². The standard InChI is InChI=1S/C15H24N4/c1-18(2)11-13-8-16-9-14(17-13)15-4-3-7-19(15)10-12-5-6-12/h8-9,12,15H,3-7,10-11H2,1-2H3. The molecule has 2 aliphatic rings. The van der Waals surface area contributed by atoms with Crippen LogP contribution in [0.5, 0.6) is 0 Å². The average molecular weight is 260 g/mol. The maximum absolute atomic E-state index is 4.83. The fourth-order valence-electron chi connectivity index (χ4n) is 3.00. The van der Waals surface area contributed by atoms with E-state index in [1.807, 2.05) is 12.4 Å². The van der Waals surface area contributed by atoms with E-state index in [1.165, 1.54) is 44.5 Å². The van der Waals surface area contributed by atoms with Gasteiger partial charge in [0.1, 0.15) is 0 Å². The van der Waals surface area contributed by atoms with Gasteiger partial charge in [0.25, 0.3) is 0 Å². The summed E-state index contributed by atoms with van der Waals surface area (Å²) in [7, 11) is 4.15. The zero-order valence-electron chi connectivity index (χ0n) is 12.0. The van der Waals surface area contributed by atoms with Crippen LogP contribution in [-0.4, -0.2) is 47.0 Å². The van der Waals surface area contributed by atoms with Gasteiger partial charge in [0.2, 0.25) is 0 Å². The fourth-order valence-corrected chi connectivity index (χ4v) is 3.00. The first-order chi connectivity index (χ1) is 9.22. The van der Waals surface area contributed by atoms with Gasteiger partial charge < -0.3 is 4.90 Å². The topological polar surface area (TPSA) is 32.3 Å². The summed E-state index contributed by atoms with van der Waals surface area (Å²) < 4.78 is 0. The molecule has 19 heavy (non-hydrogen) atoms. The molecule has 0 aromatic carbocycles. The molecule has 0 amide bonds. The largest absolute Gasteiger partial charge is 0.304 e. The van der Waals surface area contributed by atoms with Gasteiger partial charge in [-0.2, -0.15) is 0 Å². The third kappa shape index (κ3) is 3.31. The third-order valence-corrected chi connectivity index (χ3v) is 4.08. The SMILES string of the molecule is CN(C)Cc1cncc(C2CCCN2CC2CC2)n1. The molecule has 0 radical (unpaired) electrons. The van der Waals surface area contributed by atoms with Crippen molar-refractivity contribution in [3.63, 3.8) is 0 Å². The molecule has 1 aliphatic heterocycles. The minimum Gasteiger partial charge on any atom is -0.304 e. The van der Waals surface area contributed by atoms with E-state index < -0.39 is 0 Å². The highest BCUT2D eigenvalue weighted by atomic mass is 15.2. The highest BCUT2D eigenvalue weighted by Crippen LogP contribution is 2.36. The van der Waals surface area contributed by atoms with Gasteiger partial charge >= 0.3 is 0 Å². The van der Waals surface area contributed by atoms with E-state index in [0.717, 1.165) is 18.2 Å². The molecule has 1 atom stereocenters. The van der Waals surface area contributed by atoms with E-state index in [2.05, 4.69) is 28.9 Å². The Balaban J connectivity index is 1.72. The van der Waals surface area contributed by atoms with Gasteiger partial charge in [0.05, 0.1) is 17.4 Å². The first-order valence-corrected chi connectivity index (χ1v) is 7.42. The molecule has 3 rings (SSSR count). The molecule has 2 heterocycles. The smallest absolute Gasteiger partial charge is 0.0762 e. The molecule has 4 nitrogen and oxygen atoms in total. The van der Waals surface area contributed by atoms with Crippen molar-refractivity contribution in [2.45, 2.75) is 38.3 Å². The summed E-state index contributed by atoms with van der Waals surface area (Å²) in [6.45, 7) is 3.38. The zero-order chi connectivity index (χ0) is 13.2. The number of likely N-dealkylation sites (tertiary alicyclic amines) is 1. The van der Waals surface area contributed by atoms with Gasteiger partial charge in [-0.05, 0) is 52.2 Å². The lowest BCUT2D eigenvalue weighted by atomic mass is 10.1. The monoisotopic (exact) mass is 260 g/mol. The zero-order valence-corrected chi connectivity index (χ0v) is 12.0. The average Bonchev–Trinajstić information content (AvgIpc) is 3.05. The van der Waals surface area contributed by atoms with E-state index in [9.17, 15) is 0 Å². The number of hydrogen-bond donors (Lipinski definition) is 0. The van der Waals surface area contributed by atoms with Crippen LogP contribution in [0.2, 0.25) is 0 Å². The molecule has 1 unspecified atom stereocenters. The van der Waals surface area contributed by atoms with E-state index in [1.54, 1.807) is 0 Å². The number of hydrogen-bond acceptors (Lipinski definition) is 4. The molecule has 1 aromatic heterocycles. The van der Waals surface area contributed by atoms with E-state index in [4.69, 9.17) is 4.98 Å². The van der Waals surface area contributed by atoms with Crippen LogP contribution in [0.25, 0.3) is 0 Å². The van der Waals surface area contributed by atoms with Gasteiger partial charge in [-0.15, -0.1) is 0 Å². The Morgan fingerprint density at radius 3 is 2.84 bits per heavy atom. The third-order valence-electron chi connectivity index (χ3n) is 4.08. The Labute approximate surface area is 115 Å². The Morgan fingerprint density at radius 2 is 2.11 bits per heavy atom. The van der Waals surface area contributed by atoms with Crippen LogP contribution in [0.1, 0.15) is 43.1 Å². The van der Waals surface area contributed by atoms with Crippen LogP contribution in [0.4, 0.5) is 0 Å². The highest BCUT2D eigenvalue weighted by molar-refractivity contribution is 5.10. The molecule has 0 spiro atoms. The minimum atomic E-state index is 0.509. The van der Waals surface area contributed by atoms with Gasteiger partial charge in [0.15, 0.2) is 0 Å². The summed E-state index contributed by atoms with van der Waals surface area (Å²) in [5, 5.41) is 0. The van der Waals surface area contributed by atoms with Gasteiger partial charge in [-0.25, -0.2) is 0 Å². The number of rotatable bonds is 5. The maximum atomic E-state index is 4.83. The summed E-state index contributed by atoms with van der Waals surface area (Å²) in [5.41, 5.74) is 2.26. The molecule has 1 saturated carbocycles. The van der Waals surface area contributed by atoms with Crippen molar-refractivity contribution < 1.29 is 0 Å². The molecule has 104 valence electrons. The van der Waals surface area contributed by atoms with Gasteiger partial charge in [-0.3, -0.25) is 14.9 Å². The predicted octanol–water partition coefficient (Wildman–Crippen LogP) is 2.09. The number of nitrogens with zero attached hydrogens (tertiary/aromatic N) is 4. The normalized spacial score (nSPS) is 24.3. The summed E-state index contributed by atoms with van der Waals surface area (Å²) in [6.07, 6.45) is 9.26. The van der Waals surface area contributed by atoms with Crippen LogP contribution in [0.15, 0.2) is 12.4 Å². The summed E-state index contributed by atoms with van der Waals surface area (Å²) in [6, 6.07) is 0.509. The summed E-state index contributed by atoms with van der Waals surface area (Å²) >= 11 is 0. The molecule has 2 fully saturated rings. The first kappa shape index (κ1) is 13.0. The van der Waals surface area contributed by atoms with E-state index >= 15 is 0 Å². The Morgan fingerprint density at radius 1 is 1.26 bits per heavy atom. The van der Waals surface area contributed by atoms with Crippen LogP contribution in [0.3, 0.4) is 0 Å². The maximum Gasteiger partial charge on any atom is 0.0762 e. The van der Waals surface area contributed by atoms with E-state index in [0.29, 0.717) is 6.04 Å². The lowest BCUT2D eigenvalue weighted by Crippen LogP contribution is -2.26. The van der Waals surface area contributed by atoms with Crippen molar-refractivity contribution in [2.24, 2.45) is 5.92 Å². The summed E-state index contributed by atoms with van der Waals surface area (Å²) in [5.74, 6) is 0.957. The lowest BCUT2D eigenvalue weighted by Gasteiger charge is -2.24. The molecule has 1 saturated heterocycles. The fraction of sp³-hybridized carbons (Fsp3) is 0.733. The number of aromatic nitrogens is 2. The van der Waals surface area contributed by atoms with Crippen LogP contribution < -0.4 is 0 Å². The second-order valence-electron chi connectivity index (χ2n) is 6.27. The minimum absolute atomic E-state index is 0.509. The van der Waals surface area contributed by atoms with Crippen LogP contribution in [-0.2, 0) is 6.54 Å². The quantitative estimate of drug-likeness (QED) is 0.811. The van der Waals surface area contributed by atoms with Crippen LogP contribution in [0, 0.1) is 5.92 Å². The summed E-state index contributed by atoms with van der Waals surface area (Å²) in [4.78, 5) is 14.0. The lowest BCUT2D eigenvalue weighted by molar-refractivity contribution is 0.241. The Kier molecular flexibility index (Phi) is 3.80. The molecular formula is C15H24N4. The molecule has 4 heteroatoms. The molecule has 1 aromatic rings. The van der Waals surface area contributed by atoms with Crippen molar-refractivity contribution in [2.75, 3.05) is 27.2 Å². The first-order valence-electron chi connectivity index (χ1n) is 7.42. The van der Waals surface area contributed by atoms with E-state index in [-0.39, 0.29) is 0 Å². The molecule has 1 aliphatic carbocycles. The second kappa shape index (κ2) is 5.55. The van der Waals surface area contributed by atoms with Crippen molar-refractivity contribution in [3.05, 3.63) is 23.8 Å².